The Hall–Kier alpha value is -1.69. The van der Waals surface area contributed by atoms with Crippen molar-refractivity contribution in [2.45, 2.75) is 32.3 Å². The monoisotopic (exact) mass is 298 g/mol. The fourth-order valence-electron chi connectivity index (χ4n) is 2.24. The van der Waals surface area contributed by atoms with Crippen LogP contribution in [-0.2, 0) is 4.74 Å². The van der Waals surface area contributed by atoms with Crippen molar-refractivity contribution in [3.8, 4) is 0 Å². The average Bonchev–Trinajstić information content (AvgIpc) is 2.97. The first kappa shape index (κ1) is 15.7. The van der Waals surface area contributed by atoms with Crippen LogP contribution in [0, 0.1) is 11.6 Å². The Morgan fingerprint density at radius 2 is 2.10 bits per heavy atom. The SMILES string of the molecule is CCCNc1c(F)cc(C(=O)NCC2CCCO2)cc1F. The molecule has 4 nitrogen and oxygen atoms in total. The molecule has 0 saturated carbocycles. The van der Waals surface area contributed by atoms with Crippen LogP contribution in [0.5, 0.6) is 0 Å². The quantitative estimate of drug-likeness (QED) is 0.849. The van der Waals surface area contributed by atoms with E-state index in [0.29, 0.717) is 19.7 Å². The molecule has 1 aromatic rings. The highest BCUT2D eigenvalue weighted by Crippen LogP contribution is 2.21. The third-order valence-corrected chi connectivity index (χ3v) is 3.37. The Morgan fingerprint density at radius 1 is 1.38 bits per heavy atom. The van der Waals surface area contributed by atoms with Gasteiger partial charge in [-0.2, -0.15) is 0 Å². The Morgan fingerprint density at radius 3 is 2.67 bits per heavy atom. The van der Waals surface area contributed by atoms with E-state index in [0.717, 1.165) is 31.4 Å². The predicted octanol–water partition coefficient (Wildman–Crippen LogP) is 2.70. The van der Waals surface area contributed by atoms with Crippen LogP contribution < -0.4 is 10.6 Å². The van der Waals surface area contributed by atoms with Crippen molar-refractivity contribution in [1.29, 1.82) is 0 Å². The Bertz CT molecular complexity index is 479. The molecule has 1 fully saturated rings. The van der Waals surface area contributed by atoms with E-state index in [2.05, 4.69) is 10.6 Å². The van der Waals surface area contributed by atoms with Crippen LogP contribution in [-0.4, -0.2) is 31.7 Å². The number of carbonyl (C=O) groups excluding carboxylic acids is 1. The van der Waals surface area contributed by atoms with Crippen LogP contribution in [0.15, 0.2) is 12.1 Å². The number of benzene rings is 1. The molecule has 1 saturated heterocycles. The van der Waals surface area contributed by atoms with Gasteiger partial charge in [0.1, 0.15) is 17.3 Å². The molecule has 1 heterocycles. The maximum atomic E-state index is 13.8. The van der Waals surface area contributed by atoms with E-state index in [-0.39, 0.29) is 17.4 Å². The molecule has 1 aliphatic heterocycles. The predicted molar refractivity (Wildman–Crippen MR) is 76.4 cm³/mol. The van der Waals surface area contributed by atoms with E-state index >= 15 is 0 Å². The van der Waals surface area contributed by atoms with E-state index in [9.17, 15) is 13.6 Å². The van der Waals surface area contributed by atoms with E-state index in [1.165, 1.54) is 0 Å². The number of halogens is 2. The second-order valence-electron chi connectivity index (χ2n) is 5.09. The highest BCUT2D eigenvalue weighted by molar-refractivity contribution is 5.94. The lowest BCUT2D eigenvalue weighted by Crippen LogP contribution is -2.31. The molecule has 1 atom stereocenters. The van der Waals surface area contributed by atoms with Gasteiger partial charge in [0.2, 0.25) is 0 Å². The highest BCUT2D eigenvalue weighted by atomic mass is 19.1. The second kappa shape index (κ2) is 7.36. The number of rotatable bonds is 6. The lowest BCUT2D eigenvalue weighted by Gasteiger charge is -2.12. The van der Waals surface area contributed by atoms with Crippen LogP contribution in [0.4, 0.5) is 14.5 Å². The first-order valence-electron chi connectivity index (χ1n) is 7.24. The molecular weight excluding hydrogens is 278 g/mol. The van der Waals surface area contributed by atoms with Gasteiger partial charge in [-0.25, -0.2) is 8.78 Å². The van der Waals surface area contributed by atoms with Crippen LogP contribution >= 0.6 is 0 Å². The highest BCUT2D eigenvalue weighted by Gasteiger charge is 2.18. The third-order valence-electron chi connectivity index (χ3n) is 3.37. The normalized spacial score (nSPS) is 17.8. The largest absolute Gasteiger partial charge is 0.380 e. The van der Waals surface area contributed by atoms with Crippen LogP contribution in [0.2, 0.25) is 0 Å². The van der Waals surface area contributed by atoms with Crippen molar-refractivity contribution in [1.82, 2.24) is 5.32 Å². The lowest BCUT2D eigenvalue weighted by molar-refractivity contribution is 0.0857. The molecule has 116 valence electrons. The lowest BCUT2D eigenvalue weighted by atomic mass is 10.1. The van der Waals surface area contributed by atoms with E-state index in [1.54, 1.807) is 0 Å². The smallest absolute Gasteiger partial charge is 0.251 e. The molecule has 0 spiro atoms. The summed E-state index contributed by atoms with van der Waals surface area (Å²) in [4.78, 5) is 11.9. The number of hydrogen-bond donors (Lipinski definition) is 2. The van der Waals surface area contributed by atoms with Crippen molar-refractivity contribution in [2.24, 2.45) is 0 Å². The van der Waals surface area contributed by atoms with Crippen molar-refractivity contribution >= 4 is 11.6 Å². The van der Waals surface area contributed by atoms with Crippen LogP contribution in [0.1, 0.15) is 36.5 Å². The molecule has 1 amide bonds. The summed E-state index contributed by atoms with van der Waals surface area (Å²) in [6.07, 6.45) is 2.61. The van der Waals surface area contributed by atoms with E-state index in [4.69, 9.17) is 4.74 Å². The molecule has 1 aliphatic rings. The van der Waals surface area contributed by atoms with E-state index in [1.807, 2.05) is 6.92 Å². The minimum atomic E-state index is -0.759. The van der Waals surface area contributed by atoms with Gasteiger partial charge < -0.3 is 15.4 Å². The van der Waals surface area contributed by atoms with Gasteiger partial charge in [0.15, 0.2) is 0 Å². The van der Waals surface area contributed by atoms with Crippen molar-refractivity contribution in [3.63, 3.8) is 0 Å². The molecule has 2 rings (SSSR count). The molecular formula is C15H20F2N2O2. The minimum Gasteiger partial charge on any atom is -0.380 e. The molecule has 0 bridgehead atoms. The summed E-state index contributed by atoms with van der Waals surface area (Å²) < 4.78 is 33.0. The fourth-order valence-corrected chi connectivity index (χ4v) is 2.24. The first-order chi connectivity index (χ1) is 10.1. The number of amides is 1. The number of ether oxygens (including phenoxy) is 1. The molecule has 0 radical (unpaired) electrons. The zero-order valence-corrected chi connectivity index (χ0v) is 12.0. The molecule has 1 unspecified atom stereocenters. The van der Waals surface area contributed by atoms with Gasteiger partial charge in [-0.15, -0.1) is 0 Å². The van der Waals surface area contributed by atoms with E-state index < -0.39 is 17.5 Å². The van der Waals surface area contributed by atoms with Crippen molar-refractivity contribution in [2.75, 3.05) is 25.0 Å². The topological polar surface area (TPSA) is 50.4 Å². The van der Waals surface area contributed by atoms with Gasteiger partial charge in [-0.3, -0.25) is 4.79 Å². The minimum absolute atomic E-state index is 0.00543. The number of nitrogens with one attached hydrogen (secondary N) is 2. The summed E-state index contributed by atoms with van der Waals surface area (Å²) >= 11 is 0. The maximum absolute atomic E-state index is 13.8. The van der Waals surface area contributed by atoms with Gasteiger partial charge in [-0.05, 0) is 31.4 Å². The summed E-state index contributed by atoms with van der Waals surface area (Å²) in [5.41, 5.74) is -0.211. The maximum Gasteiger partial charge on any atom is 0.251 e. The molecule has 2 N–H and O–H groups in total. The standard InChI is InChI=1S/C15H20F2N2O2/c1-2-5-18-14-12(16)7-10(8-13(14)17)15(20)19-9-11-4-3-6-21-11/h7-8,11,18H,2-6,9H2,1H3,(H,19,20). The van der Waals surface area contributed by atoms with Gasteiger partial charge in [-0.1, -0.05) is 6.92 Å². The molecule has 0 aliphatic carbocycles. The van der Waals surface area contributed by atoms with Crippen LogP contribution in [0.3, 0.4) is 0 Å². The summed E-state index contributed by atoms with van der Waals surface area (Å²) in [7, 11) is 0. The fraction of sp³-hybridized carbons (Fsp3) is 0.533. The van der Waals surface area contributed by atoms with Gasteiger partial charge in [0.05, 0.1) is 6.10 Å². The van der Waals surface area contributed by atoms with Crippen molar-refractivity contribution < 1.29 is 18.3 Å². The Kier molecular flexibility index (Phi) is 5.50. The van der Waals surface area contributed by atoms with Gasteiger partial charge in [0, 0.05) is 25.3 Å². The van der Waals surface area contributed by atoms with Gasteiger partial charge in [0.25, 0.3) is 5.91 Å². The Labute approximate surface area is 122 Å². The summed E-state index contributed by atoms with van der Waals surface area (Å²) in [6, 6.07) is 2.10. The zero-order chi connectivity index (χ0) is 15.2. The second-order valence-corrected chi connectivity index (χ2v) is 5.09. The summed E-state index contributed by atoms with van der Waals surface area (Å²) in [6.45, 7) is 3.42. The first-order valence-corrected chi connectivity index (χ1v) is 7.24. The van der Waals surface area contributed by atoms with Crippen molar-refractivity contribution in [3.05, 3.63) is 29.3 Å². The van der Waals surface area contributed by atoms with Crippen LogP contribution in [0.25, 0.3) is 0 Å². The molecule has 6 heteroatoms. The number of carbonyl (C=O) groups is 1. The third kappa shape index (κ3) is 4.14. The number of anilines is 1. The zero-order valence-electron chi connectivity index (χ0n) is 12.0. The molecule has 1 aromatic carbocycles. The summed E-state index contributed by atoms with van der Waals surface area (Å²) in [5.74, 6) is -2.01. The number of hydrogen-bond acceptors (Lipinski definition) is 3. The molecule has 0 aromatic heterocycles. The summed E-state index contributed by atoms with van der Waals surface area (Å²) in [5, 5.41) is 5.31. The Balaban J connectivity index is 2.00. The molecule has 21 heavy (non-hydrogen) atoms. The average molecular weight is 298 g/mol. The van der Waals surface area contributed by atoms with Gasteiger partial charge >= 0.3 is 0 Å².